The van der Waals surface area contributed by atoms with Gasteiger partial charge in [0, 0.05) is 32.2 Å². The van der Waals surface area contributed by atoms with Crippen molar-refractivity contribution in [2.24, 2.45) is 0 Å². The maximum Gasteiger partial charge on any atom is 0.422 e. The fourth-order valence-corrected chi connectivity index (χ4v) is 3.63. The number of methoxy groups -OCH3 is 1. The Kier molecular flexibility index (Phi) is 8.37. The third-order valence-electron chi connectivity index (χ3n) is 5.30. The average Bonchev–Trinajstić information content (AvgIpc) is 2.78. The number of nitrogens with one attached hydrogen (secondary N) is 2. The molecule has 0 unspecified atom stereocenters. The van der Waals surface area contributed by atoms with E-state index in [0.29, 0.717) is 12.1 Å². The molecule has 10 heteroatoms. The summed E-state index contributed by atoms with van der Waals surface area (Å²) >= 11 is 0. The Morgan fingerprint density at radius 2 is 1.88 bits per heavy atom. The maximum atomic E-state index is 13.9. The van der Waals surface area contributed by atoms with Crippen molar-refractivity contribution in [3.63, 3.8) is 0 Å². The van der Waals surface area contributed by atoms with Crippen molar-refractivity contribution in [1.29, 1.82) is 0 Å². The van der Waals surface area contributed by atoms with Crippen LogP contribution in [0.25, 0.3) is 0 Å². The molecule has 2 aromatic rings. The minimum atomic E-state index is -4.41. The van der Waals surface area contributed by atoms with Gasteiger partial charge < -0.3 is 20.1 Å². The van der Waals surface area contributed by atoms with Crippen molar-refractivity contribution < 1.29 is 31.8 Å². The van der Waals surface area contributed by atoms with E-state index >= 15 is 0 Å². The molecule has 3 rings (SSSR count). The third-order valence-corrected chi connectivity index (χ3v) is 5.30. The molecule has 0 spiro atoms. The Bertz CT molecular complexity index is 931. The highest BCUT2D eigenvalue weighted by Gasteiger charge is 2.28. The molecule has 0 bridgehead atoms. The molecule has 0 aromatic heterocycles. The minimum absolute atomic E-state index is 0.00954. The first-order valence-corrected chi connectivity index (χ1v) is 10.6. The van der Waals surface area contributed by atoms with Crippen molar-refractivity contribution >= 4 is 6.03 Å². The van der Waals surface area contributed by atoms with Gasteiger partial charge in [-0.25, -0.2) is 9.18 Å². The number of piperidine rings is 1. The number of ether oxygens (including phenoxy) is 2. The summed E-state index contributed by atoms with van der Waals surface area (Å²) in [7, 11) is 1.43. The van der Waals surface area contributed by atoms with Gasteiger partial charge in [-0.2, -0.15) is 13.2 Å². The second kappa shape index (κ2) is 11.2. The largest absolute Gasteiger partial charge is 0.494 e. The molecule has 0 atom stereocenters. The van der Waals surface area contributed by atoms with Crippen LogP contribution in [0.3, 0.4) is 0 Å². The van der Waals surface area contributed by atoms with Gasteiger partial charge in [-0.1, -0.05) is 18.2 Å². The third kappa shape index (κ3) is 8.12. The predicted octanol–water partition coefficient (Wildman–Crippen LogP) is 4.24. The first kappa shape index (κ1) is 24.6. The Morgan fingerprint density at radius 3 is 2.55 bits per heavy atom. The lowest BCUT2D eigenvalue weighted by molar-refractivity contribution is -0.153. The van der Waals surface area contributed by atoms with E-state index in [1.165, 1.54) is 25.3 Å². The van der Waals surface area contributed by atoms with Crippen LogP contribution in [0.4, 0.5) is 22.4 Å². The number of hydrogen-bond acceptors (Lipinski definition) is 4. The van der Waals surface area contributed by atoms with E-state index in [-0.39, 0.29) is 35.9 Å². The highest BCUT2D eigenvalue weighted by atomic mass is 19.4. The second-order valence-electron chi connectivity index (χ2n) is 7.90. The van der Waals surface area contributed by atoms with Gasteiger partial charge >= 0.3 is 12.2 Å². The van der Waals surface area contributed by atoms with Crippen LogP contribution in [0.2, 0.25) is 0 Å². The van der Waals surface area contributed by atoms with Crippen LogP contribution in [0.5, 0.6) is 11.5 Å². The van der Waals surface area contributed by atoms with E-state index in [4.69, 9.17) is 9.47 Å². The van der Waals surface area contributed by atoms with Crippen LogP contribution in [-0.4, -0.2) is 50.0 Å². The maximum absolute atomic E-state index is 13.9. The highest BCUT2D eigenvalue weighted by molar-refractivity contribution is 5.74. The molecule has 180 valence electrons. The topological polar surface area (TPSA) is 62.8 Å². The van der Waals surface area contributed by atoms with Crippen LogP contribution in [-0.2, 0) is 13.1 Å². The summed E-state index contributed by atoms with van der Waals surface area (Å²) in [5, 5.41) is 5.64. The molecule has 1 fully saturated rings. The molecule has 2 amide bonds. The van der Waals surface area contributed by atoms with Gasteiger partial charge in [0.2, 0.25) is 0 Å². The summed E-state index contributed by atoms with van der Waals surface area (Å²) in [6.45, 7) is 0.939. The van der Waals surface area contributed by atoms with E-state index in [1.807, 2.05) is 6.07 Å². The zero-order chi connectivity index (χ0) is 23.8. The molecule has 1 heterocycles. The van der Waals surface area contributed by atoms with Crippen LogP contribution < -0.4 is 20.1 Å². The molecule has 1 saturated heterocycles. The summed E-state index contributed by atoms with van der Waals surface area (Å²) in [5.74, 6) is -0.0787. The van der Waals surface area contributed by atoms with Gasteiger partial charge in [-0.15, -0.1) is 0 Å². The molecule has 33 heavy (non-hydrogen) atoms. The Morgan fingerprint density at radius 1 is 1.12 bits per heavy atom. The van der Waals surface area contributed by atoms with Crippen LogP contribution >= 0.6 is 0 Å². The number of carbonyl (C=O) groups is 1. The van der Waals surface area contributed by atoms with Gasteiger partial charge in [0.05, 0.1) is 7.11 Å². The SMILES string of the molecule is COc1ccc(CN2CCC(NC(=O)NCc3cccc(OCC(F)(F)F)c3)CC2)cc1F. The normalized spacial score (nSPS) is 15.2. The van der Waals surface area contributed by atoms with E-state index in [2.05, 4.69) is 15.5 Å². The lowest BCUT2D eigenvalue weighted by Crippen LogP contribution is -2.47. The monoisotopic (exact) mass is 469 g/mol. The first-order valence-electron chi connectivity index (χ1n) is 10.6. The van der Waals surface area contributed by atoms with Crippen molar-refractivity contribution in [2.75, 3.05) is 26.8 Å². The molecule has 1 aliphatic rings. The summed E-state index contributed by atoms with van der Waals surface area (Å²) in [6, 6.07) is 10.8. The first-order chi connectivity index (χ1) is 15.7. The molecule has 2 N–H and O–H groups in total. The molecule has 2 aromatic carbocycles. The molecule has 0 radical (unpaired) electrons. The van der Waals surface area contributed by atoms with E-state index in [1.54, 1.807) is 18.2 Å². The van der Waals surface area contributed by atoms with Crippen molar-refractivity contribution in [1.82, 2.24) is 15.5 Å². The molecular formula is C23H27F4N3O3. The number of amides is 2. The van der Waals surface area contributed by atoms with Gasteiger partial charge in [-0.05, 0) is 48.2 Å². The number of rotatable bonds is 8. The van der Waals surface area contributed by atoms with E-state index in [9.17, 15) is 22.4 Å². The number of hydrogen-bond donors (Lipinski definition) is 2. The van der Waals surface area contributed by atoms with Crippen LogP contribution in [0.15, 0.2) is 42.5 Å². The fraction of sp³-hybridized carbons (Fsp3) is 0.435. The zero-order valence-electron chi connectivity index (χ0n) is 18.3. The number of nitrogens with zero attached hydrogens (tertiary/aromatic N) is 1. The Hall–Kier alpha value is -3.01. The smallest absolute Gasteiger partial charge is 0.422 e. The van der Waals surface area contributed by atoms with E-state index < -0.39 is 12.8 Å². The summed E-state index contributed by atoms with van der Waals surface area (Å²) in [5.41, 5.74) is 1.49. The Balaban J connectivity index is 1.38. The lowest BCUT2D eigenvalue weighted by atomic mass is 10.0. The van der Waals surface area contributed by atoms with Crippen molar-refractivity contribution in [2.45, 2.75) is 38.1 Å². The fourth-order valence-electron chi connectivity index (χ4n) is 3.63. The molecular weight excluding hydrogens is 442 g/mol. The molecule has 6 nitrogen and oxygen atoms in total. The number of likely N-dealkylation sites (tertiary alicyclic amines) is 1. The number of alkyl halides is 3. The highest BCUT2D eigenvalue weighted by Crippen LogP contribution is 2.21. The molecule has 0 aliphatic carbocycles. The van der Waals surface area contributed by atoms with E-state index in [0.717, 1.165) is 31.5 Å². The Labute approximate surface area is 189 Å². The standard InChI is InChI=1S/C23H27F4N3O3/c1-32-21-6-5-17(12-20(21)24)14-30-9-7-18(8-10-30)29-22(31)28-13-16-3-2-4-19(11-16)33-15-23(25,26)27/h2-6,11-12,18H,7-10,13-15H2,1H3,(H2,28,29,31). The van der Waals surface area contributed by atoms with Crippen molar-refractivity contribution in [3.8, 4) is 11.5 Å². The number of urea groups is 1. The summed E-state index contributed by atoms with van der Waals surface area (Å²) in [6.07, 6.45) is -2.89. The summed E-state index contributed by atoms with van der Waals surface area (Å²) < 4.78 is 60.4. The zero-order valence-corrected chi connectivity index (χ0v) is 18.3. The van der Waals surface area contributed by atoms with Crippen LogP contribution in [0.1, 0.15) is 24.0 Å². The molecule has 0 saturated carbocycles. The quantitative estimate of drug-likeness (QED) is 0.568. The second-order valence-corrected chi connectivity index (χ2v) is 7.90. The number of benzene rings is 2. The minimum Gasteiger partial charge on any atom is -0.494 e. The average molecular weight is 469 g/mol. The van der Waals surface area contributed by atoms with Crippen LogP contribution in [0, 0.1) is 5.82 Å². The lowest BCUT2D eigenvalue weighted by Gasteiger charge is -2.32. The van der Waals surface area contributed by atoms with Gasteiger partial charge in [0.15, 0.2) is 18.2 Å². The number of halogens is 4. The van der Waals surface area contributed by atoms with Gasteiger partial charge in [0.1, 0.15) is 5.75 Å². The predicted molar refractivity (Wildman–Crippen MR) is 115 cm³/mol. The molecule has 1 aliphatic heterocycles. The van der Waals surface area contributed by atoms with Gasteiger partial charge in [-0.3, -0.25) is 4.90 Å². The summed E-state index contributed by atoms with van der Waals surface area (Å²) in [4.78, 5) is 14.4. The van der Waals surface area contributed by atoms with Gasteiger partial charge in [0.25, 0.3) is 0 Å². The number of carbonyl (C=O) groups excluding carboxylic acids is 1. The van der Waals surface area contributed by atoms with Crippen molar-refractivity contribution in [3.05, 3.63) is 59.4 Å².